The molecule has 1 saturated carbocycles. The zero-order valence-corrected chi connectivity index (χ0v) is 41.5. The van der Waals surface area contributed by atoms with E-state index in [0.717, 1.165) is 15.6 Å². The van der Waals surface area contributed by atoms with Gasteiger partial charge in [0, 0.05) is 88.9 Å². The molecule has 11 N–H and O–H groups in total. The highest BCUT2D eigenvalue weighted by molar-refractivity contribution is 7.17. The van der Waals surface area contributed by atoms with E-state index in [1.54, 1.807) is 14.7 Å². The maximum absolute atomic E-state index is 13.8. The largest absolute Gasteiger partial charge is 0.481 e. The van der Waals surface area contributed by atoms with Gasteiger partial charge in [0.05, 0.1) is 26.2 Å². The summed E-state index contributed by atoms with van der Waals surface area (Å²) in [4.78, 5) is 129. The van der Waals surface area contributed by atoms with Crippen LogP contribution in [0, 0.1) is 11.8 Å². The number of nitrogens with zero attached hydrogens (tertiary/aromatic N) is 4. The van der Waals surface area contributed by atoms with Crippen LogP contribution in [0.1, 0.15) is 63.4 Å². The lowest BCUT2D eigenvalue weighted by molar-refractivity contribution is -0.141. The lowest BCUT2D eigenvalue weighted by Gasteiger charge is -2.33. The van der Waals surface area contributed by atoms with Crippen molar-refractivity contribution in [3.8, 4) is 0 Å². The molecule has 1 aliphatic heterocycles. The van der Waals surface area contributed by atoms with Crippen molar-refractivity contribution in [2.45, 2.75) is 82.3 Å². The molecule has 0 bridgehead atoms. The second-order valence-electron chi connectivity index (χ2n) is 18.4. The third kappa shape index (κ3) is 22.0. The first-order valence-electron chi connectivity index (χ1n) is 24.3. The SMILES string of the molecule is O=C(O)CC[C@H](NC(=O)N[C@@H](CCCCNC(=O)[C@H](Cc1csc2ccccc12)NC(=O)C1CCC(CNC(=O)CN2CCN(CC(=O)O)CCN(CC(=O)O)CCN(CC(=O)O)CC2)CC1)C(=O)O)C(=O)O. The number of carboxylic acid groups (broad SMARTS) is 6. The van der Waals surface area contributed by atoms with Crippen LogP contribution >= 0.6 is 11.3 Å². The summed E-state index contributed by atoms with van der Waals surface area (Å²) in [6, 6.07) is 2.69. The average Bonchev–Trinajstić information content (AvgIpc) is 3.74. The molecule has 1 saturated heterocycles. The van der Waals surface area contributed by atoms with Crippen LogP contribution in [0.3, 0.4) is 0 Å². The van der Waals surface area contributed by atoms with Crippen molar-refractivity contribution >= 4 is 81.0 Å². The fourth-order valence-corrected chi connectivity index (χ4v) is 9.77. The van der Waals surface area contributed by atoms with Crippen molar-refractivity contribution in [2.24, 2.45) is 11.8 Å². The van der Waals surface area contributed by atoms with Crippen LogP contribution in [-0.2, 0) is 49.6 Å². The normalized spacial score (nSPS) is 18.9. The van der Waals surface area contributed by atoms with Gasteiger partial charge in [0.25, 0.3) is 0 Å². The third-order valence-electron chi connectivity index (χ3n) is 12.9. The minimum absolute atomic E-state index is 0.0261. The quantitative estimate of drug-likeness (QED) is 0.0511. The van der Waals surface area contributed by atoms with Crippen LogP contribution in [0.2, 0.25) is 0 Å². The highest BCUT2D eigenvalue weighted by atomic mass is 32.1. The molecule has 4 rings (SSSR count). The zero-order chi connectivity index (χ0) is 53.5. The molecule has 404 valence electrons. The van der Waals surface area contributed by atoms with E-state index in [4.69, 9.17) is 5.11 Å². The lowest BCUT2D eigenvalue weighted by atomic mass is 9.81. The number of fused-ring (bicyclic) bond motifs is 1. The van der Waals surface area contributed by atoms with Gasteiger partial charge in [-0.25, -0.2) is 14.4 Å². The lowest BCUT2D eigenvalue weighted by Crippen LogP contribution is -2.51. The Balaban J connectivity index is 1.29. The molecule has 3 atom stereocenters. The summed E-state index contributed by atoms with van der Waals surface area (Å²) in [6.45, 7) is 1.76. The van der Waals surface area contributed by atoms with E-state index in [9.17, 15) is 73.5 Å². The topological polar surface area (TPSA) is 365 Å². The molecule has 2 heterocycles. The maximum Gasteiger partial charge on any atom is 0.326 e. The Bertz CT molecular complexity index is 2190. The monoisotopic (exact) mass is 1050 g/mol. The van der Waals surface area contributed by atoms with Crippen molar-refractivity contribution in [3.05, 3.63) is 35.2 Å². The van der Waals surface area contributed by atoms with E-state index in [1.807, 2.05) is 34.5 Å². The van der Waals surface area contributed by atoms with E-state index in [-0.39, 0.29) is 109 Å². The van der Waals surface area contributed by atoms with Crippen molar-refractivity contribution in [1.29, 1.82) is 0 Å². The first kappa shape index (κ1) is 59.1. The van der Waals surface area contributed by atoms with Crippen molar-refractivity contribution in [2.75, 3.05) is 91.6 Å². The van der Waals surface area contributed by atoms with Crippen molar-refractivity contribution < 1.29 is 78.6 Å². The predicted octanol–water partition coefficient (Wildman–Crippen LogP) is -0.316. The molecular weight excluding hydrogens is 979 g/mol. The summed E-state index contributed by atoms with van der Waals surface area (Å²) in [5.74, 6) is -8.62. The zero-order valence-electron chi connectivity index (χ0n) is 40.7. The fourth-order valence-electron chi connectivity index (χ4n) is 8.79. The summed E-state index contributed by atoms with van der Waals surface area (Å²) in [5.41, 5.74) is 0.870. The van der Waals surface area contributed by atoms with Crippen LogP contribution in [0.4, 0.5) is 4.79 Å². The summed E-state index contributed by atoms with van der Waals surface area (Å²) < 4.78 is 1.01. The smallest absolute Gasteiger partial charge is 0.326 e. The number of thiophene rings is 1. The van der Waals surface area contributed by atoms with E-state index in [0.29, 0.717) is 51.7 Å². The molecule has 1 aliphatic carbocycles. The molecule has 1 aromatic carbocycles. The Morgan fingerprint density at radius 1 is 0.575 bits per heavy atom. The molecule has 2 aliphatic rings. The van der Waals surface area contributed by atoms with E-state index in [2.05, 4.69) is 26.6 Å². The minimum Gasteiger partial charge on any atom is -0.481 e. The van der Waals surface area contributed by atoms with Crippen molar-refractivity contribution in [3.63, 3.8) is 0 Å². The maximum atomic E-state index is 13.8. The molecular formula is C47H69N9O16S. The van der Waals surface area contributed by atoms with Gasteiger partial charge in [-0.15, -0.1) is 11.3 Å². The van der Waals surface area contributed by atoms with Gasteiger partial charge in [0.1, 0.15) is 18.1 Å². The first-order valence-corrected chi connectivity index (χ1v) is 25.2. The van der Waals surface area contributed by atoms with Gasteiger partial charge in [-0.1, -0.05) is 18.2 Å². The van der Waals surface area contributed by atoms with Crippen LogP contribution in [0.15, 0.2) is 29.6 Å². The van der Waals surface area contributed by atoms with Gasteiger partial charge in [-0.05, 0) is 79.7 Å². The summed E-state index contributed by atoms with van der Waals surface area (Å²) >= 11 is 1.51. The highest BCUT2D eigenvalue weighted by Crippen LogP contribution is 2.30. The molecule has 1 aromatic heterocycles. The number of hydrogen-bond donors (Lipinski definition) is 11. The summed E-state index contributed by atoms with van der Waals surface area (Å²) in [5, 5.41) is 72.3. The minimum atomic E-state index is -1.55. The first-order chi connectivity index (χ1) is 34.8. The molecule has 25 nitrogen and oxygen atoms in total. The van der Waals surface area contributed by atoms with E-state index < -0.39 is 84.6 Å². The van der Waals surface area contributed by atoms with Crippen LogP contribution in [0.5, 0.6) is 0 Å². The molecule has 26 heteroatoms. The molecule has 2 fully saturated rings. The second kappa shape index (κ2) is 30.5. The second-order valence-corrected chi connectivity index (χ2v) is 19.4. The number of aliphatic carboxylic acids is 6. The number of carbonyl (C=O) groups is 10. The fraction of sp³-hybridized carbons (Fsp3) is 0.617. The molecule has 0 spiro atoms. The number of carboxylic acids is 6. The number of urea groups is 1. The average molecular weight is 1050 g/mol. The van der Waals surface area contributed by atoms with Crippen molar-refractivity contribution in [1.82, 2.24) is 46.2 Å². The number of unbranched alkanes of at least 4 members (excludes halogenated alkanes) is 1. The van der Waals surface area contributed by atoms with Crippen LogP contribution < -0.4 is 26.6 Å². The number of rotatable bonds is 27. The van der Waals surface area contributed by atoms with Gasteiger partial charge in [-0.2, -0.15) is 0 Å². The number of amides is 5. The molecule has 5 amide bonds. The Hall–Kier alpha value is -6.48. The molecule has 2 aromatic rings. The van der Waals surface area contributed by atoms with Gasteiger partial charge in [0.15, 0.2) is 0 Å². The van der Waals surface area contributed by atoms with Gasteiger partial charge < -0.3 is 57.2 Å². The van der Waals surface area contributed by atoms with E-state index in [1.165, 1.54) is 11.3 Å². The molecule has 73 heavy (non-hydrogen) atoms. The van der Waals surface area contributed by atoms with Gasteiger partial charge in [-0.3, -0.25) is 53.2 Å². The predicted molar refractivity (Wildman–Crippen MR) is 263 cm³/mol. The number of nitrogens with one attached hydrogen (secondary N) is 5. The Morgan fingerprint density at radius 3 is 1.59 bits per heavy atom. The number of carbonyl (C=O) groups excluding carboxylic acids is 4. The molecule has 0 unspecified atom stereocenters. The van der Waals surface area contributed by atoms with Gasteiger partial charge in [0.2, 0.25) is 17.7 Å². The van der Waals surface area contributed by atoms with Crippen LogP contribution in [-0.4, -0.2) is 220 Å². The third-order valence-corrected chi connectivity index (χ3v) is 13.9. The molecule has 0 radical (unpaired) electrons. The Morgan fingerprint density at radius 2 is 1.08 bits per heavy atom. The standard InChI is InChI=1S/C47H69N9O16S/c57-38(25-53-15-17-54(26-40(60)61)19-21-56(28-42(64)65)22-20-55(18-16-53)27-41(62)63)49-24-30-8-10-31(11-9-30)43(66)50-36(23-32-29-73-37-7-2-1-5-33(32)37)44(67)48-14-4-3-6-34(45(68)69)51-47(72)52-35(46(70)71)12-13-39(58)59/h1-2,5,7,29-31,34-36H,3-4,6,8-28H2,(H,48,67)(H,49,57)(H,50,66)(H,58,59)(H,60,61)(H,62,63)(H,64,65)(H,68,69)(H,70,71)(H2,51,52,72)/t30?,31?,34-,35-,36-/m0/s1. The Labute approximate surface area is 425 Å². The Kier molecular flexibility index (Phi) is 24.7. The van der Waals surface area contributed by atoms with E-state index >= 15 is 0 Å². The summed E-state index contributed by atoms with van der Waals surface area (Å²) in [7, 11) is 0. The number of benzene rings is 1. The number of hydrogen-bond acceptors (Lipinski definition) is 15. The van der Waals surface area contributed by atoms with Crippen LogP contribution in [0.25, 0.3) is 10.1 Å². The highest BCUT2D eigenvalue weighted by Gasteiger charge is 2.31. The summed E-state index contributed by atoms with van der Waals surface area (Å²) in [6.07, 6.45) is 1.98. The van der Waals surface area contributed by atoms with Gasteiger partial charge >= 0.3 is 41.8 Å².